The molecule has 0 aromatic carbocycles. The molecule has 0 bridgehead atoms. The molecule has 0 saturated heterocycles. The zero-order valence-electron chi connectivity index (χ0n) is 7.56. The van der Waals surface area contributed by atoms with Gasteiger partial charge in [0.1, 0.15) is 0 Å². The molecular weight excluding hydrogens is 217 g/mol. The fourth-order valence-electron chi connectivity index (χ4n) is 0.812. The van der Waals surface area contributed by atoms with E-state index in [0.29, 0.717) is 6.20 Å². The second-order valence-electron chi connectivity index (χ2n) is 3.30. The molecule has 0 unspecified atom stereocenters. The lowest BCUT2D eigenvalue weighted by Crippen LogP contribution is -2.14. The average molecular weight is 225 g/mol. The van der Waals surface area contributed by atoms with Gasteiger partial charge in [0, 0.05) is 0 Å². The van der Waals surface area contributed by atoms with Crippen LogP contribution in [0.25, 0.3) is 0 Å². The number of rotatable bonds is 1. The maximum atomic E-state index is 12.2. The third-order valence-corrected chi connectivity index (χ3v) is 1.78. The van der Waals surface area contributed by atoms with Gasteiger partial charge in [-0.05, 0) is 19.9 Å². The maximum absolute atomic E-state index is 12.2. The van der Waals surface area contributed by atoms with Crippen molar-refractivity contribution in [1.82, 2.24) is 10.2 Å². The lowest BCUT2D eigenvalue weighted by atomic mass is 10.1. The van der Waals surface area contributed by atoms with Crippen molar-refractivity contribution in [3.05, 3.63) is 23.5 Å². The molecule has 1 heterocycles. The Labute approximate surface area is 84.1 Å². The second-order valence-corrected chi connectivity index (χ2v) is 4.24. The predicted octanol–water partition coefficient (Wildman–Crippen LogP) is 2.97. The smallest absolute Gasteiger partial charge is 0.166 e. The summed E-state index contributed by atoms with van der Waals surface area (Å²) >= 11 is 5.81. The highest BCUT2D eigenvalue weighted by Gasteiger charge is 2.33. The zero-order valence-corrected chi connectivity index (χ0v) is 8.32. The molecule has 0 aliphatic rings. The van der Waals surface area contributed by atoms with Crippen molar-refractivity contribution in [2.75, 3.05) is 0 Å². The van der Waals surface area contributed by atoms with Crippen LogP contribution in [0.1, 0.15) is 25.1 Å². The second kappa shape index (κ2) is 3.38. The Kier molecular flexibility index (Phi) is 2.71. The molecule has 0 fully saturated rings. The van der Waals surface area contributed by atoms with E-state index in [2.05, 4.69) is 10.2 Å². The minimum absolute atomic E-state index is 0.106. The van der Waals surface area contributed by atoms with Gasteiger partial charge in [0.25, 0.3) is 0 Å². The molecule has 0 spiro atoms. The van der Waals surface area contributed by atoms with E-state index in [0.717, 1.165) is 6.07 Å². The minimum atomic E-state index is -4.41. The lowest BCUT2D eigenvalue weighted by molar-refractivity contribution is -0.138. The quantitative estimate of drug-likeness (QED) is 0.686. The Morgan fingerprint density at radius 3 is 2.29 bits per heavy atom. The standard InChI is InChI=1S/C8H8ClF3N2/c1-7(2,9)6-3-5(4-13-14-6)8(10,11)12/h3-4H,1-2H3. The van der Waals surface area contributed by atoms with Gasteiger partial charge in [0.05, 0.1) is 22.3 Å². The topological polar surface area (TPSA) is 25.8 Å². The molecule has 0 N–H and O–H groups in total. The Morgan fingerprint density at radius 1 is 1.29 bits per heavy atom. The van der Waals surface area contributed by atoms with Crippen LogP contribution in [0.2, 0.25) is 0 Å². The molecular formula is C8H8ClF3N2. The molecule has 0 saturated carbocycles. The molecule has 1 aromatic heterocycles. The van der Waals surface area contributed by atoms with Gasteiger partial charge in [-0.1, -0.05) is 0 Å². The van der Waals surface area contributed by atoms with Crippen LogP contribution in [0.15, 0.2) is 12.3 Å². The van der Waals surface area contributed by atoms with E-state index >= 15 is 0 Å². The Balaban J connectivity index is 3.15. The van der Waals surface area contributed by atoms with E-state index in [1.54, 1.807) is 13.8 Å². The lowest BCUT2D eigenvalue weighted by Gasteiger charge is -2.15. The van der Waals surface area contributed by atoms with Crippen LogP contribution >= 0.6 is 11.6 Å². The van der Waals surface area contributed by atoms with Crippen molar-refractivity contribution >= 4 is 11.6 Å². The highest BCUT2D eigenvalue weighted by atomic mass is 35.5. The van der Waals surface area contributed by atoms with Crippen LogP contribution < -0.4 is 0 Å². The average Bonchev–Trinajstić information content (AvgIpc) is 2.01. The third-order valence-electron chi connectivity index (χ3n) is 1.59. The summed E-state index contributed by atoms with van der Waals surface area (Å²) in [7, 11) is 0. The summed E-state index contributed by atoms with van der Waals surface area (Å²) in [5.41, 5.74) is -0.731. The zero-order chi connectivity index (χ0) is 11.0. The Morgan fingerprint density at radius 2 is 1.86 bits per heavy atom. The molecule has 1 rings (SSSR count). The van der Waals surface area contributed by atoms with E-state index in [-0.39, 0.29) is 5.69 Å². The van der Waals surface area contributed by atoms with Crippen LogP contribution in [0.5, 0.6) is 0 Å². The van der Waals surface area contributed by atoms with Crippen LogP contribution in [-0.4, -0.2) is 10.2 Å². The van der Waals surface area contributed by atoms with Crippen LogP contribution in [0.3, 0.4) is 0 Å². The first-order chi connectivity index (χ1) is 6.21. The Hall–Kier alpha value is -0.840. The highest BCUT2D eigenvalue weighted by Crippen LogP contribution is 2.32. The Bertz CT molecular complexity index is 301. The summed E-state index contributed by atoms with van der Waals surface area (Å²) < 4.78 is 36.7. The monoisotopic (exact) mass is 224 g/mol. The van der Waals surface area contributed by atoms with Gasteiger partial charge in [-0.2, -0.15) is 23.4 Å². The van der Waals surface area contributed by atoms with Crippen molar-refractivity contribution in [2.45, 2.75) is 24.9 Å². The van der Waals surface area contributed by atoms with E-state index in [4.69, 9.17) is 11.6 Å². The van der Waals surface area contributed by atoms with E-state index < -0.39 is 16.6 Å². The first-order valence-electron chi connectivity index (χ1n) is 3.80. The van der Waals surface area contributed by atoms with Crippen molar-refractivity contribution in [3.8, 4) is 0 Å². The van der Waals surface area contributed by atoms with Gasteiger partial charge in [-0.15, -0.1) is 11.6 Å². The van der Waals surface area contributed by atoms with Gasteiger partial charge in [-0.3, -0.25) is 0 Å². The summed E-state index contributed by atoms with van der Waals surface area (Å²) in [6.45, 7) is 3.11. The fourth-order valence-corrected chi connectivity index (χ4v) is 0.905. The van der Waals surface area contributed by atoms with Gasteiger partial charge in [0.2, 0.25) is 0 Å². The van der Waals surface area contributed by atoms with Crippen LogP contribution in [-0.2, 0) is 11.1 Å². The number of aromatic nitrogens is 2. The molecule has 0 aliphatic carbocycles. The van der Waals surface area contributed by atoms with Crippen molar-refractivity contribution in [1.29, 1.82) is 0 Å². The van der Waals surface area contributed by atoms with E-state index in [1.165, 1.54) is 0 Å². The predicted molar refractivity (Wildman–Crippen MR) is 45.9 cm³/mol. The van der Waals surface area contributed by atoms with Crippen molar-refractivity contribution < 1.29 is 13.2 Å². The SMILES string of the molecule is CC(C)(Cl)c1cc(C(F)(F)F)cnn1. The van der Waals surface area contributed by atoms with Gasteiger partial charge < -0.3 is 0 Å². The molecule has 2 nitrogen and oxygen atoms in total. The summed E-state index contributed by atoms with van der Waals surface area (Å²) in [5, 5.41) is 6.81. The molecule has 0 aliphatic heterocycles. The maximum Gasteiger partial charge on any atom is 0.418 e. The molecule has 0 radical (unpaired) electrons. The summed E-state index contributed by atoms with van der Waals surface area (Å²) in [6, 6.07) is 0.903. The first-order valence-corrected chi connectivity index (χ1v) is 4.18. The largest absolute Gasteiger partial charge is 0.418 e. The molecule has 0 amide bonds. The molecule has 0 atom stereocenters. The van der Waals surface area contributed by atoms with E-state index in [9.17, 15) is 13.2 Å². The normalized spacial score (nSPS) is 13.0. The summed E-state index contributed by atoms with van der Waals surface area (Å²) in [4.78, 5) is -0.950. The highest BCUT2D eigenvalue weighted by molar-refractivity contribution is 6.23. The first kappa shape index (κ1) is 11.2. The van der Waals surface area contributed by atoms with Gasteiger partial charge in [-0.25, -0.2) is 0 Å². The number of halogens is 4. The number of hydrogen-bond donors (Lipinski definition) is 0. The summed E-state index contributed by atoms with van der Waals surface area (Å²) in [6.07, 6.45) is -3.74. The molecule has 1 aromatic rings. The van der Waals surface area contributed by atoms with Crippen LogP contribution in [0, 0.1) is 0 Å². The van der Waals surface area contributed by atoms with Crippen molar-refractivity contribution in [2.24, 2.45) is 0 Å². The fraction of sp³-hybridized carbons (Fsp3) is 0.500. The molecule has 14 heavy (non-hydrogen) atoms. The summed E-state index contributed by atoms with van der Waals surface area (Å²) in [5.74, 6) is 0. The minimum Gasteiger partial charge on any atom is -0.166 e. The van der Waals surface area contributed by atoms with E-state index in [1.807, 2.05) is 0 Å². The number of hydrogen-bond acceptors (Lipinski definition) is 2. The third kappa shape index (κ3) is 2.57. The van der Waals surface area contributed by atoms with Gasteiger partial charge in [0.15, 0.2) is 0 Å². The number of nitrogens with zero attached hydrogens (tertiary/aromatic N) is 2. The van der Waals surface area contributed by atoms with Gasteiger partial charge >= 0.3 is 6.18 Å². The molecule has 78 valence electrons. The van der Waals surface area contributed by atoms with Crippen LogP contribution in [0.4, 0.5) is 13.2 Å². The number of alkyl halides is 4. The van der Waals surface area contributed by atoms with Crippen molar-refractivity contribution in [3.63, 3.8) is 0 Å². The molecule has 6 heteroatoms.